The maximum absolute atomic E-state index is 14.3. The van der Waals surface area contributed by atoms with Crippen LogP contribution in [0.1, 0.15) is 145 Å². The van der Waals surface area contributed by atoms with E-state index in [0.29, 0.717) is 108 Å². The van der Waals surface area contributed by atoms with Crippen molar-refractivity contribution >= 4 is 93.0 Å². The second-order valence-corrected chi connectivity index (χ2v) is 33.5. The number of ether oxygens (including phenoxy) is 5. The van der Waals surface area contributed by atoms with Gasteiger partial charge in [-0.2, -0.15) is 13.2 Å². The molecule has 0 aliphatic carbocycles. The molecular formula is C90H119F4N23O17. The molecule has 2 saturated heterocycles. The monoisotopic (exact) mass is 1870 g/mol. The molecule has 44 heteroatoms. The third kappa shape index (κ3) is 29.3. The van der Waals surface area contributed by atoms with Crippen LogP contribution in [0.4, 0.5) is 40.6 Å². The third-order valence-electron chi connectivity index (χ3n) is 22.6. The number of halogens is 4. The number of anilines is 4. The second kappa shape index (κ2) is 47.6. The number of carbonyl (C=O) groups is 10. The minimum Gasteiger partial charge on any atom is -0.456 e. The van der Waals surface area contributed by atoms with E-state index in [1.54, 1.807) is 97.2 Å². The smallest absolute Gasteiger partial charge is 0.401 e. The van der Waals surface area contributed by atoms with Gasteiger partial charge >= 0.3 is 6.18 Å². The van der Waals surface area contributed by atoms with Gasteiger partial charge < -0.3 is 119 Å². The fourth-order valence-corrected chi connectivity index (χ4v) is 15.6. The van der Waals surface area contributed by atoms with Gasteiger partial charge in [-0.1, -0.05) is 6.07 Å². The number of aromatic amines is 1. The number of fused-ring (bicyclic) bond motifs is 1. The number of benzene rings is 2. The number of amides is 10. The molecule has 0 unspecified atom stereocenters. The summed E-state index contributed by atoms with van der Waals surface area (Å²) in [6.45, 7) is 13.5. The van der Waals surface area contributed by atoms with Crippen molar-refractivity contribution in [3.05, 3.63) is 159 Å². The zero-order valence-corrected chi connectivity index (χ0v) is 77.0. The molecule has 40 nitrogen and oxygen atoms in total. The summed E-state index contributed by atoms with van der Waals surface area (Å²) in [5.74, 6) is -4.26. The number of H-pyrrole nitrogens is 1. The molecule has 0 bridgehead atoms. The van der Waals surface area contributed by atoms with Crippen molar-refractivity contribution in [1.82, 2.24) is 93.5 Å². The predicted molar refractivity (Wildman–Crippen MR) is 487 cm³/mol. The molecule has 10 amide bonds. The van der Waals surface area contributed by atoms with E-state index in [4.69, 9.17) is 23.7 Å². The van der Waals surface area contributed by atoms with Crippen molar-refractivity contribution in [1.29, 1.82) is 0 Å². The molecule has 134 heavy (non-hydrogen) atoms. The van der Waals surface area contributed by atoms with Crippen LogP contribution in [0.5, 0.6) is 11.5 Å². The Bertz CT molecular complexity index is 5670. The Kier molecular flexibility index (Phi) is 36.1. The fraction of sp³-hybridized carbons (Fsp3) is 0.489. The number of piperidine rings is 1. The summed E-state index contributed by atoms with van der Waals surface area (Å²) in [6.07, 6.45) is 8.12. The number of pyridine rings is 1. The van der Waals surface area contributed by atoms with Crippen molar-refractivity contribution in [2.45, 2.75) is 96.9 Å². The average Bonchev–Trinajstić information content (AvgIpc) is 1.54. The van der Waals surface area contributed by atoms with Crippen LogP contribution < -0.4 is 58.1 Å². The van der Waals surface area contributed by atoms with Gasteiger partial charge in [0.25, 0.3) is 41.0 Å². The van der Waals surface area contributed by atoms with Gasteiger partial charge in [-0.3, -0.25) is 62.5 Å². The summed E-state index contributed by atoms with van der Waals surface area (Å²) in [5, 5.41) is 35.4. The molecule has 0 radical (unpaired) electrons. The van der Waals surface area contributed by atoms with Crippen LogP contribution >= 0.6 is 0 Å². The topological polar surface area (TPSA) is 459 Å². The normalized spacial score (nSPS) is 13.4. The van der Waals surface area contributed by atoms with Gasteiger partial charge in [-0.15, -0.1) is 0 Å². The molecule has 2 fully saturated rings. The minimum absolute atomic E-state index is 0.00311. The lowest BCUT2D eigenvalue weighted by molar-refractivity contribution is -0.146. The van der Waals surface area contributed by atoms with E-state index in [-0.39, 0.29) is 179 Å². The highest BCUT2D eigenvalue weighted by Crippen LogP contribution is 2.41. The number of nitrogens with one attached hydrogen (secondary N) is 10. The number of hydrogen-bond donors (Lipinski definition) is 11. The lowest BCUT2D eigenvalue weighted by Gasteiger charge is -2.42. The number of hydrogen-bond acceptors (Lipinski definition) is 23. The zero-order valence-electron chi connectivity index (χ0n) is 77.0. The van der Waals surface area contributed by atoms with Gasteiger partial charge in [0.2, 0.25) is 35.3 Å². The van der Waals surface area contributed by atoms with E-state index in [0.717, 1.165) is 45.6 Å². The first-order valence-electron chi connectivity index (χ1n) is 44.3. The van der Waals surface area contributed by atoms with E-state index >= 15 is 0 Å². The molecule has 724 valence electrons. The Balaban J connectivity index is 0.472. The van der Waals surface area contributed by atoms with Crippen LogP contribution in [-0.2, 0) is 86.0 Å². The second-order valence-electron chi connectivity index (χ2n) is 33.5. The Morgan fingerprint density at radius 1 is 0.530 bits per heavy atom. The molecule has 2 aliphatic rings. The summed E-state index contributed by atoms with van der Waals surface area (Å²) < 4.78 is 92.8. The van der Waals surface area contributed by atoms with Crippen LogP contribution in [0.25, 0.3) is 22.0 Å². The Hall–Kier alpha value is -13.0. The summed E-state index contributed by atoms with van der Waals surface area (Å²) in [5.41, 5.74) is 3.00. The van der Waals surface area contributed by atoms with Gasteiger partial charge in [0, 0.05) is 212 Å². The number of aliphatic hydroxyl groups is 1. The Morgan fingerprint density at radius 3 is 1.57 bits per heavy atom. The highest BCUT2D eigenvalue weighted by Gasteiger charge is 2.34. The van der Waals surface area contributed by atoms with Crippen molar-refractivity contribution in [2.24, 2.45) is 42.3 Å². The number of imidazole rings is 3. The van der Waals surface area contributed by atoms with Crippen molar-refractivity contribution in [3.63, 3.8) is 0 Å². The maximum Gasteiger partial charge on any atom is 0.401 e. The van der Waals surface area contributed by atoms with Crippen LogP contribution in [-0.4, -0.2) is 294 Å². The fourth-order valence-electron chi connectivity index (χ4n) is 15.6. The van der Waals surface area contributed by atoms with Crippen molar-refractivity contribution in [2.75, 3.05) is 172 Å². The lowest BCUT2D eigenvalue weighted by atomic mass is 9.93. The average molecular weight is 1870 g/mol. The van der Waals surface area contributed by atoms with Crippen LogP contribution in [0, 0.1) is 19.7 Å². The molecule has 2 aromatic carbocycles. The van der Waals surface area contributed by atoms with E-state index in [2.05, 4.69) is 77.6 Å². The molecular weight excluding hydrogens is 1750 g/mol. The molecule has 2 aliphatic heterocycles. The summed E-state index contributed by atoms with van der Waals surface area (Å²) >= 11 is 0. The number of alkyl halides is 3. The number of aryl methyl sites for hydroxylation is 8. The molecule has 0 atom stereocenters. The van der Waals surface area contributed by atoms with Crippen LogP contribution in [0.15, 0.2) is 96.7 Å². The van der Waals surface area contributed by atoms with Crippen LogP contribution in [0.3, 0.4) is 0 Å². The summed E-state index contributed by atoms with van der Waals surface area (Å²) in [7, 11) is 9.56. The molecule has 0 saturated carbocycles. The van der Waals surface area contributed by atoms with Gasteiger partial charge in [-0.05, 0) is 126 Å². The number of rotatable bonds is 48. The van der Waals surface area contributed by atoms with Gasteiger partial charge in [0.05, 0.1) is 76.4 Å². The minimum atomic E-state index is -4.49. The lowest BCUT2D eigenvalue weighted by Crippen LogP contribution is -2.54. The first-order chi connectivity index (χ1) is 63.9. The number of nitrogens with zero attached hydrogens (tertiary/aromatic N) is 13. The molecule has 11 N–H and O–H groups in total. The quantitative estimate of drug-likeness (QED) is 0.0164. The first kappa shape index (κ1) is 102. The van der Waals surface area contributed by atoms with E-state index < -0.39 is 65.6 Å². The standard InChI is InChI=1S/C90H119F4N23O17/c1-57-45-60(91)46-58(2)78(57)134-70-14-13-59(89(3,4)129)47-64(70)66-53-113(10)88(128)77-65(66)50-67(103-77)87(127)117-34-32-116(33-35-117)63-18-29-114(30-19-63)36-38-131-40-42-133-44-43-132-41-39-130-37-20-74(119)96-22-12-28-115(56-90(92,93)94)27-11-21-95-73(118)15-23-100-84(124)80-106-71(54-111(80)8)104-75(120)16-24-99-83(123)69-49-62(52-110(69)7)102-86(126)81-107-72(55-112(81)9)105-76(121)17-25-98-82(122)68-48-61(51-109(68)6)101-85(125)79-97-26-31-108(79)5/h13-14,26,31,45-55,63,103,129H,11-12,15-25,27-30,32-44,56H2,1-10H3,(H,95,118)(H,96,119)(H,98,122)(H,99,123)(H,100,124)(H,101,125)(H,102,126)(H,104,120)(H,105,121). The molecule has 0 spiro atoms. The first-order valence-corrected chi connectivity index (χ1v) is 44.3. The largest absolute Gasteiger partial charge is 0.456 e. The number of piperazine rings is 1. The van der Waals surface area contributed by atoms with E-state index in [1.807, 2.05) is 11.0 Å². The van der Waals surface area contributed by atoms with Gasteiger partial charge in [0.1, 0.15) is 39.9 Å². The van der Waals surface area contributed by atoms with Crippen LogP contribution in [0.2, 0.25) is 0 Å². The number of aromatic nitrogens is 10. The highest BCUT2D eigenvalue weighted by atomic mass is 19.4. The highest BCUT2D eigenvalue weighted by molar-refractivity contribution is 6.06. The predicted octanol–water partition coefficient (Wildman–Crippen LogP) is 5.58. The Labute approximate surface area is 770 Å². The molecule has 7 aromatic heterocycles. The molecule has 9 aromatic rings. The molecule has 9 heterocycles. The third-order valence-corrected chi connectivity index (χ3v) is 22.6. The Morgan fingerprint density at radius 2 is 1.04 bits per heavy atom. The SMILES string of the molecule is Cc1cc(F)cc(C)c1Oc1ccc(C(C)(C)O)cc1-c1cn(C)c(=O)c2[nH]c(C(=O)N3CCN(C4CCN(CCOCCOCCOCCOCCC(=O)NCCCN(CCCNC(=O)CCNC(=O)c5nc(NC(=O)CCNC(=O)c6cc(NC(=O)c7nc(NC(=O)CCNC(=O)c8cc(NC(=O)c9nccn9C)cn8C)cn7C)cn6C)cn5C)CC(F)(F)F)CC4)CC3)cc12. The zero-order chi connectivity index (χ0) is 96.5. The van der Waals surface area contributed by atoms with Crippen molar-refractivity contribution < 1.29 is 94.3 Å². The maximum atomic E-state index is 14.3. The van der Waals surface area contributed by atoms with Gasteiger partial charge in [0.15, 0.2) is 17.5 Å². The number of likely N-dealkylation sites (tertiary alicyclic amines) is 1. The number of carbonyl (C=O) groups excluding carboxylic acids is 10. The summed E-state index contributed by atoms with van der Waals surface area (Å²) in [4.78, 5) is 167. The molecule has 11 rings (SSSR count). The van der Waals surface area contributed by atoms with Gasteiger partial charge in [-0.25, -0.2) is 19.3 Å². The van der Waals surface area contributed by atoms with E-state index in [1.165, 1.54) is 90.9 Å². The van der Waals surface area contributed by atoms with E-state index in [9.17, 15) is 75.4 Å². The van der Waals surface area contributed by atoms with Crippen molar-refractivity contribution in [3.8, 4) is 22.6 Å². The summed E-state index contributed by atoms with van der Waals surface area (Å²) in [6, 6.07) is 13.1.